The van der Waals surface area contributed by atoms with Gasteiger partial charge < -0.3 is 10.2 Å². The fourth-order valence-corrected chi connectivity index (χ4v) is 5.02. The molecule has 0 aromatic heterocycles. The maximum absolute atomic E-state index is 13.6. The van der Waals surface area contributed by atoms with Gasteiger partial charge in [-0.05, 0) is 42.7 Å². The minimum absolute atomic E-state index is 0.0824. The Bertz CT molecular complexity index is 644. The summed E-state index contributed by atoms with van der Waals surface area (Å²) in [6.45, 7) is 4.24. The Kier molecular flexibility index (Phi) is 5.77. The van der Waals surface area contributed by atoms with E-state index in [9.17, 15) is 13.4 Å². The van der Waals surface area contributed by atoms with Crippen LogP contribution in [0.2, 0.25) is 0 Å². The Morgan fingerprint density at radius 1 is 1.32 bits per heavy atom. The first kappa shape index (κ1) is 18.4. The number of benzene rings is 1. The van der Waals surface area contributed by atoms with Gasteiger partial charge in [-0.15, -0.1) is 0 Å². The maximum Gasteiger partial charge on any atom is 0.317 e. The highest BCUT2D eigenvalue weighted by molar-refractivity contribution is 7.85. The Morgan fingerprint density at radius 3 is 2.76 bits per heavy atom. The highest BCUT2D eigenvalue weighted by Crippen LogP contribution is 2.45. The topological polar surface area (TPSA) is 49.4 Å². The molecule has 1 aromatic rings. The molecule has 2 aliphatic rings. The van der Waals surface area contributed by atoms with E-state index in [1.807, 2.05) is 4.90 Å². The summed E-state index contributed by atoms with van der Waals surface area (Å²) in [5, 5.41) is 2.85. The number of amides is 2. The predicted octanol–water partition coefficient (Wildman–Crippen LogP) is 3.55. The van der Waals surface area contributed by atoms with Crippen LogP contribution in [0.4, 0.5) is 9.18 Å². The van der Waals surface area contributed by atoms with Crippen LogP contribution in [0, 0.1) is 17.2 Å². The number of hydrogen-bond acceptors (Lipinski definition) is 2. The van der Waals surface area contributed by atoms with Gasteiger partial charge in [0, 0.05) is 25.4 Å². The largest absolute Gasteiger partial charge is 0.337 e. The Labute approximate surface area is 151 Å². The second-order valence-corrected chi connectivity index (χ2v) is 9.11. The van der Waals surface area contributed by atoms with Crippen molar-refractivity contribution in [2.24, 2.45) is 11.3 Å². The van der Waals surface area contributed by atoms with Gasteiger partial charge in [-0.1, -0.05) is 31.9 Å². The molecular formula is C19H27FN2O2S. The summed E-state index contributed by atoms with van der Waals surface area (Å²) >= 11 is 0. The highest BCUT2D eigenvalue weighted by Gasteiger charge is 2.41. The van der Waals surface area contributed by atoms with E-state index >= 15 is 0 Å². The Hall–Kier alpha value is -1.43. The SMILES string of the molecule is CC1CCC2(CC1)CCN(C(=O)NCC[S@@](=O)c1ccccc1F)C2. The molecule has 3 rings (SSSR count). The van der Waals surface area contributed by atoms with Crippen LogP contribution in [-0.2, 0) is 10.8 Å². The molecular weight excluding hydrogens is 339 g/mol. The monoisotopic (exact) mass is 366 g/mol. The van der Waals surface area contributed by atoms with Crippen LogP contribution in [0.3, 0.4) is 0 Å². The molecule has 1 aromatic carbocycles. The molecule has 0 bridgehead atoms. The maximum atomic E-state index is 13.6. The van der Waals surface area contributed by atoms with Crippen molar-refractivity contribution in [3.05, 3.63) is 30.1 Å². The van der Waals surface area contributed by atoms with Crippen molar-refractivity contribution >= 4 is 16.8 Å². The number of carbonyl (C=O) groups is 1. The number of nitrogens with zero attached hydrogens (tertiary/aromatic N) is 1. The first-order chi connectivity index (χ1) is 12.0. The lowest BCUT2D eigenvalue weighted by atomic mass is 9.70. The first-order valence-corrected chi connectivity index (χ1v) is 10.5. The van der Waals surface area contributed by atoms with Crippen LogP contribution in [0.25, 0.3) is 0 Å². The summed E-state index contributed by atoms with van der Waals surface area (Å²) < 4.78 is 25.8. The molecule has 1 saturated carbocycles. The molecule has 1 heterocycles. The van der Waals surface area contributed by atoms with Crippen LogP contribution in [0.5, 0.6) is 0 Å². The third kappa shape index (κ3) is 4.40. The van der Waals surface area contributed by atoms with Crippen LogP contribution in [-0.4, -0.2) is 40.5 Å². The van der Waals surface area contributed by atoms with E-state index in [0.29, 0.717) is 12.0 Å². The highest BCUT2D eigenvalue weighted by atomic mass is 32.2. The quantitative estimate of drug-likeness (QED) is 0.886. The number of rotatable bonds is 4. The standard InChI is InChI=1S/C19H27FN2O2S/c1-15-6-8-19(9-7-15)10-12-22(14-19)18(23)21-11-13-25(24)17-5-3-2-4-16(17)20/h2-5,15H,6-14H2,1H3,(H,21,23)/t15?,19?,25-/m1/s1. The summed E-state index contributed by atoms with van der Waals surface area (Å²) in [7, 11) is -1.44. The third-order valence-electron chi connectivity index (χ3n) is 5.71. The van der Waals surface area contributed by atoms with Crippen LogP contribution >= 0.6 is 0 Å². The second kappa shape index (κ2) is 7.85. The lowest BCUT2D eigenvalue weighted by Crippen LogP contribution is -2.41. The van der Waals surface area contributed by atoms with Gasteiger partial charge in [0.15, 0.2) is 0 Å². The normalized spacial score (nSPS) is 27.4. The van der Waals surface area contributed by atoms with Crippen molar-refractivity contribution < 1.29 is 13.4 Å². The fourth-order valence-electron chi connectivity index (χ4n) is 3.99. The van der Waals surface area contributed by atoms with E-state index in [2.05, 4.69) is 12.2 Å². The van der Waals surface area contributed by atoms with Gasteiger partial charge in [-0.25, -0.2) is 9.18 Å². The van der Waals surface area contributed by atoms with E-state index in [0.717, 1.165) is 25.4 Å². The summed E-state index contributed by atoms with van der Waals surface area (Å²) in [6, 6.07) is 6.00. The molecule has 4 nitrogen and oxygen atoms in total. The van der Waals surface area contributed by atoms with Crippen molar-refractivity contribution in [2.75, 3.05) is 25.4 Å². The molecule has 1 N–H and O–H groups in total. The molecule has 1 spiro atoms. The number of carbonyl (C=O) groups excluding carboxylic acids is 1. The van der Waals surface area contributed by atoms with Crippen molar-refractivity contribution in [1.82, 2.24) is 10.2 Å². The minimum Gasteiger partial charge on any atom is -0.337 e. The van der Waals surface area contributed by atoms with Gasteiger partial charge >= 0.3 is 6.03 Å². The van der Waals surface area contributed by atoms with Gasteiger partial charge in [0.1, 0.15) is 5.82 Å². The molecule has 0 unspecified atom stereocenters. The average molecular weight is 367 g/mol. The average Bonchev–Trinajstić information content (AvgIpc) is 3.02. The summed E-state index contributed by atoms with van der Waals surface area (Å²) in [5.41, 5.74) is 0.319. The van der Waals surface area contributed by atoms with Gasteiger partial charge in [0.2, 0.25) is 0 Å². The predicted molar refractivity (Wildman–Crippen MR) is 97.3 cm³/mol. The molecule has 25 heavy (non-hydrogen) atoms. The van der Waals surface area contributed by atoms with Crippen LogP contribution in [0.1, 0.15) is 39.0 Å². The number of halogens is 1. The van der Waals surface area contributed by atoms with Gasteiger partial charge in [0.25, 0.3) is 0 Å². The van der Waals surface area contributed by atoms with Crippen LogP contribution < -0.4 is 5.32 Å². The number of likely N-dealkylation sites (tertiary alicyclic amines) is 1. The van der Waals surface area contributed by atoms with E-state index < -0.39 is 16.6 Å². The Balaban J connectivity index is 1.44. The molecule has 1 saturated heterocycles. The molecule has 1 aliphatic carbocycles. The van der Waals surface area contributed by atoms with Crippen molar-refractivity contribution in [3.8, 4) is 0 Å². The smallest absolute Gasteiger partial charge is 0.317 e. The minimum atomic E-state index is -1.44. The van der Waals surface area contributed by atoms with E-state index in [1.165, 1.54) is 37.8 Å². The van der Waals surface area contributed by atoms with Crippen molar-refractivity contribution in [2.45, 2.75) is 43.9 Å². The molecule has 1 aliphatic heterocycles. The van der Waals surface area contributed by atoms with Crippen LogP contribution in [0.15, 0.2) is 29.2 Å². The van der Waals surface area contributed by atoms with Gasteiger partial charge in [-0.2, -0.15) is 0 Å². The summed E-state index contributed by atoms with van der Waals surface area (Å²) in [6.07, 6.45) is 6.05. The fraction of sp³-hybridized carbons (Fsp3) is 0.632. The second-order valence-electron chi connectivity index (χ2n) is 7.57. The molecule has 138 valence electrons. The number of hydrogen-bond donors (Lipinski definition) is 1. The van der Waals surface area contributed by atoms with Gasteiger partial charge in [0.05, 0.1) is 15.7 Å². The lowest BCUT2D eigenvalue weighted by molar-refractivity contribution is 0.156. The first-order valence-electron chi connectivity index (χ1n) is 9.15. The summed E-state index contributed by atoms with van der Waals surface area (Å²) in [4.78, 5) is 14.5. The zero-order valence-corrected chi connectivity index (χ0v) is 15.6. The molecule has 2 fully saturated rings. The summed E-state index contributed by atoms with van der Waals surface area (Å²) in [5.74, 6) is 0.574. The van der Waals surface area contributed by atoms with E-state index in [4.69, 9.17) is 0 Å². The molecule has 0 radical (unpaired) electrons. The van der Waals surface area contributed by atoms with Gasteiger partial charge in [-0.3, -0.25) is 4.21 Å². The molecule has 6 heteroatoms. The third-order valence-corrected chi connectivity index (χ3v) is 7.10. The van der Waals surface area contributed by atoms with E-state index in [-0.39, 0.29) is 16.7 Å². The van der Waals surface area contributed by atoms with Crippen molar-refractivity contribution in [3.63, 3.8) is 0 Å². The van der Waals surface area contributed by atoms with Crippen molar-refractivity contribution in [1.29, 1.82) is 0 Å². The number of nitrogens with one attached hydrogen (secondary N) is 1. The zero-order chi connectivity index (χ0) is 17.9. The zero-order valence-electron chi connectivity index (χ0n) is 14.8. The molecule has 1 atom stereocenters. The van der Waals surface area contributed by atoms with E-state index in [1.54, 1.807) is 12.1 Å². The number of urea groups is 1. The Morgan fingerprint density at radius 2 is 2.04 bits per heavy atom. The lowest BCUT2D eigenvalue weighted by Gasteiger charge is -2.36. The molecule has 2 amide bonds.